The van der Waals surface area contributed by atoms with Crippen molar-refractivity contribution in [2.24, 2.45) is 0 Å². The zero-order valence-corrected chi connectivity index (χ0v) is 14.8. The minimum atomic E-state index is -0.136. The fraction of sp³-hybridized carbons (Fsp3) is 0.368. The topological polar surface area (TPSA) is 79.2 Å². The van der Waals surface area contributed by atoms with E-state index in [0.717, 1.165) is 11.3 Å². The molecule has 6 heteroatoms. The van der Waals surface area contributed by atoms with Crippen LogP contribution < -0.4 is 10.6 Å². The molecule has 0 unspecified atom stereocenters. The van der Waals surface area contributed by atoms with E-state index in [-0.39, 0.29) is 30.9 Å². The molecular weight excluding hydrogens is 318 g/mol. The van der Waals surface area contributed by atoms with Crippen molar-refractivity contribution in [3.05, 3.63) is 60.1 Å². The SMILES string of the molecule is CCNC(=O)CN(CC)C(=O)C[NH2+][C@H](c1ccccc1)c1ccco1. The van der Waals surface area contributed by atoms with Crippen LogP contribution >= 0.6 is 0 Å². The van der Waals surface area contributed by atoms with E-state index in [9.17, 15) is 9.59 Å². The summed E-state index contributed by atoms with van der Waals surface area (Å²) >= 11 is 0. The number of hydrogen-bond donors (Lipinski definition) is 2. The quantitative estimate of drug-likeness (QED) is 0.710. The Labute approximate surface area is 148 Å². The second-order valence-corrected chi connectivity index (χ2v) is 5.71. The molecular formula is C19H26N3O3+. The third-order valence-corrected chi connectivity index (χ3v) is 3.98. The van der Waals surface area contributed by atoms with Gasteiger partial charge < -0.3 is 20.0 Å². The number of quaternary nitrogens is 1. The summed E-state index contributed by atoms with van der Waals surface area (Å²) in [6, 6.07) is 13.6. The number of rotatable bonds is 9. The summed E-state index contributed by atoms with van der Waals surface area (Å²) in [5.74, 6) is 0.593. The molecule has 0 saturated heterocycles. The first-order chi connectivity index (χ1) is 12.2. The van der Waals surface area contributed by atoms with Crippen LogP contribution in [0.4, 0.5) is 0 Å². The average molecular weight is 344 g/mol. The van der Waals surface area contributed by atoms with Gasteiger partial charge in [0.05, 0.1) is 12.8 Å². The molecule has 0 fully saturated rings. The minimum Gasteiger partial charge on any atom is -0.463 e. The number of carbonyl (C=O) groups excluding carboxylic acids is 2. The molecule has 0 aliphatic carbocycles. The Bertz CT molecular complexity index is 656. The normalized spacial score (nSPS) is 11.8. The number of hydrogen-bond acceptors (Lipinski definition) is 3. The van der Waals surface area contributed by atoms with Crippen LogP contribution in [0.2, 0.25) is 0 Å². The molecule has 0 radical (unpaired) electrons. The molecule has 134 valence electrons. The summed E-state index contributed by atoms with van der Waals surface area (Å²) in [6.45, 7) is 5.13. The van der Waals surface area contributed by atoms with Gasteiger partial charge >= 0.3 is 0 Å². The van der Waals surface area contributed by atoms with Gasteiger partial charge in [0.1, 0.15) is 0 Å². The van der Waals surface area contributed by atoms with Gasteiger partial charge in [-0.2, -0.15) is 0 Å². The molecule has 1 aromatic heterocycles. The van der Waals surface area contributed by atoms with E-state index >= 15 is 0 Å². The standard InChI is InChI=1S/C19H25N3O3/c1-3-20-17(23)14-22(4-2)18(24)13-21-19(16-11-8-12-25-16)15-9-6-5-7-10-15/h5-12,19,21H,3-4,13-14H2,1-2H3,(H,20,23)/p+1/t19-/m1/s1. The Balaban J connectivity index is 2.02. The molecule has 0 aliphatic rings. The largest absolute Gasteiger partial charge is 0.463 e. The van der Waals surface area contributed by atoms with E-state index in [4.69, 9.17) is 4.42 Å². The maximum Gasteiger partial charge on any atom is 0.278 e. The number of furan rings is 1. The molecule has 3 N–H and O–H groups in total. The van der Waals surface area contributed by atoms with E-state index < -0.39 is 0 Å². The van der Waals surface area contributed by atoms with Gasteiger partial charge in [0, 0.05) is 18.7 Å². The third-order valence-electron chi connectivity index (χ3n) is 3.98. The van der Waals surface area contributed by atoms with Crippen LogP contribution in [-0.2, 0) is 9.59 Å². The second kappa shape index (κ2) is 9.64. The second-order valence-electron chi connectivity index (χ2n) is 5.71. The number of nitrogens with two attached hydrogens (primary N) is 1. The van der Waals surface area contributed by atoms with Crippen molar-refractivity contribution in [1.82, 2.24) is 10.2 Å². The van der Waals surface area contributed by atoms with Crippen LogP contribution in [0.15, 0.2) is 53.1 Å². The molecule has 2 aromatic rings. The minimum absolute atomic E-state index is 0.0683. The molecule has 6 nitrogen and oxygen atoms in total. The van der Waals surface area contributed by atoms with Crippen molar-refractivity contribution >= 4 is 11.8 Å². The Hall–Kier alpha value is -2.60. The van der Waals surface area contributed by atoms with Crippen molar-refractivity contribution in [3.63, 3.8) is 0 Å². The van der Waals surface area contributed by atoms with Gasteiger partial charge in [-0.3, -0.25) is 9.59 Å². The molecule has 1 aromatic carbocycles. The molecule has 2 amide bonds. The van der Waals surface area contributed by atoms with E-state index in [1.54, 1.807) is 11.2 Å². The number of carbonyl (C=O) groups is 2. The van der Waals surface area contributed by atoms with Gasteiger partial charge in [0.25, 0.3) is 5.91 Å². The van der Waals surface area contributed by atoms with Gasteiger partial charge in [-0.05, 0) is 26.0 Å². The number of benzene rings is 1. The maximum atomic E-state index is 12.5. The molecule has 1 heterocycles. The monoisotopic (exact) mass is 344 g/mol. The van der Waals surface area contributed by atoms with E-state index in [2.05, 4.69) is 5.32 Å². The highest BCUT2D eigenvalue weighted by Crippen LogP contribution is 2.18. The molecule has 25 heavy (non-hydrogen) atoms. The van der Waals surface area contributed by atoms with Crippen LogP contribution in [0.25, 0.3) is 0 Å². The summed E-state index contributed by atoms with van der Waals surface area (Å²) in [5, 5.41) is 4.66. The fourth-order valence-electron chi connectivity index (χ4n) is 2.70. The van der Waals surface area contributed by atoms with Gasteiger partial charge in [-0.25, -0.2) is 0 Å². The van der Waals surface area contributed by atoms with Crippen molar-refractivity contribution < 1.29 is 19.3 Å². The summed E-state index contributed by atoms with van der Waals surface area (Å²) < 4.78 is 5.55. The maximum absolute atomic E-state index is 12.5. The Morgan fingerprint density at radius 2 is 1.92 bits per heavy atom. The lowest BCUT2D eigenvalue weighted by molar-refractivity contribution is -0.679. The van der Waals surface area contributed by atoms with Crippen LogP contribution in [-0.4, -0.2) is 42.9 Å². The molecule has 2 rings (SSSR count). The zero-order chi connectivity index (χ0) is 18.1. The lowest BCUT2D eigenvalue weighted by Crippen LogP contribution is -2.87. The predicted molar refractivity (Wildman–Crippen MR) is 94.7 cm³/mol. The van der Waals surface area contributed by atoms with Crippen molar-refractivity contribution in [2.45, 2.75) is 19.9 Å². The van der Waals surface area contributed by atoms with Gasteiger partial charge in [-0.15, -0.1) is 0 Å². The third kappa shape index (κ3) is 5.46. The van der Waals surface area contributed by atoms with Crippen LogP contribution in [0.5, 0.6) is 0 Å². The first-order valence-corrected chi connectivity index (χ1v) is 8.61. The van der Waals surface area contributed by atoms with E-state index in [1.807, 2.05) is 61.6 Å². The van der Waals surface area contributed by atoms with Crippen molar-refractivity contribution in [1.29, 1.82) is 0 Å². The predicted octanol–water partition coefficient (Wildman–Crippen LogP) is 0.917. The molecule has 0 spiro atoms. The highest BCUT2D eigenvalue weighted by Gasteiger charge is 2.23. The highest BCUT2D eigenvalue weighted by atomic mass is 16.3. The summed E-state index contributed by atoms with van der Waals surface area (Å²) in [5.41, 5.74) is 1.07. The molecule has 0 saturated carbocycles. The van der Waals surface area contributed by atoms with Crippen LogP contribution in [0.1, 0.15) is 31.2 Å². The van der Waals surface area contributed by atoms with Gasteiger partial charge in [0.2, 0.25) is 5.91 Å². The summed E-state index contributed by atoms with van der Waals surface area (Å²) in [7, 11) is 0. The Morgan fingerprint density at radius 1 is 1.16 bits per heavy atom. The van der Waals surface area contributed by atoms with Crippen LogP contribution in [0, 0.1) is 0 Å². The first kappa shape index (κ1) is 18.7. The number of likely N-dealkylation sites (N-methyl/N-ethyl adjacent to an activating group) is 2. The molecule has 0 aliphatic heterocycles. The van der Waals surface area contributed by atoms with Crippen LogP contribution in [0.3, 0.4) is 0 Å². The lowest BCUT2D eigenvalue weighted by Gasteiger charge is -2.21. The van der Waals surface area contributed by atoms with Crippen molar-refractivity contribution in [3.8, 4) is 0 Å². The smallest absolute Gasteiger partial charge is 0.278 e. The van der Waals surface area contributed by atoms with Gasteiger partial charge in [0.15, 0.2) is 18.3 Å². The number of nitrogens with one attached hydrogen (secondary N) is 1. The lowest BCUT2D eigenvalue weighted by atomic mass is 10.0. The van der Waals surface area contributed by atoms with E-state index in [0.29, 0.717) is 13.1 Å². The average Bonchev–Trinajstić information content (AvgIpc) is 3.15. The number of nitrogens with zero attached hydrogens (tertiary/aromatic N) is 1. The summed E-state index contributed by atoms with van der Waals surface area (Å²) in [4.78, 5) is 25.8. The summed E-state index contributed by atoms with van der Waals surface area (Å²) in [6.07, 6.45) is 1.63. The van der Waals surface area contributed by atoms with Crippen molar-refractivity contribution in [2.75, 3.05) is 26.2 Å². The van der Waals surface area contributed by atoms with E-state index in [1.165, 1.54) is 0 Å². The molecule has 1 atom stereocenters. The Morgan fingerprint density at radius 3 is 2.52 bits per heavy atom. The number of amides is 2. The first-order valence-electron chi connectivity index (χ1n) is 8.61. The Kier molecular flexibility index (Phi) is 7.22. The zero-order valence-electron chi connectivity index (χ0n) is 14.8. The van der Waals surface area contributed by atoms with Gasteiger partial charge in [-0.1, -0.05) is 30.3 Å². The molecule has 0 bridgehead atoms. The fourth-order valence-corrected chi connectivity index (χ4v) is 2.70. The highest BCUT2D eigenvalue weighted by molar-refractivity contribution is 5.85.